The summed E-state index contributed by atoms with van der Waals surface area (Å²) >= 11 is 8.18. The lowest BCUT2D eigenvalue weighted by molar-refractivity contribution is 0.102. The molecule has 0 spiro atoms. The molecule has 0 atom stereocenters. The molecule has 1 heterocycles. The van der Waals surface area contributed by atoms with E-state index in [1.54, 1.807) is 30.7 Å². The predicted octanol–water partition coefficient (Wildman–Crippen LogP) is 7.87. The summed E-state index contributed by atoms with van der Waals surface area (Å²) in [6, 6.07) is 23.0. The third-order valence-electron chi connectivity index (χ3n) is 6.22. The van der Waals surface area contributed by atoms with Crippen molar-refractivity contribution in [1.29, 1.82) is 0 Å². The van der Waals surface area contributed by atoms with Crippen molar-refractivity contribution in [2.75, 3.05) is 12.4 Å². The van der Waals surface area contributed by atoms with Gasteiger partial charge in [-0.15, -0.1) is 11.3 Å². The first-order chi connectivity index (χ1) is 18.1. The molecular weight excluding hydrogens is 504 g/mol. The average molecular weight is 531 g/mol. The van der Waals surface area contributed by atoms with Gasteiger partial charge in [0.25, 0.3) is 5.91 Å². The number of amides is 1. The van der Waals surface area contributed by atoms with Gasteiger partial charge in [0, 0.05) is 16.8 Å². The van der Waals surface area contributed by atoms with Gasteiger partial charge in [0.15, 0.2) is 11.5 Å². The Balaban J connectivity index is 1.41. The Bertz CT molecular complexity index is 1420. The van der Waals surface area contributed by atoms with Gasteiger partial charge in [-0.2, -0.15) is 0 Å². The molecule has 1 aromatic heterocycles. The molecule has 0 unspecified atom stereocenters. The summed E-state index contributed by atoms with van der Waals surface area (Å²) in [6.45, 7) is 0.380. The first-order valence-electron chi connectivity index (χ1n) is 12.2. The van der Waals surface area contributed by atoms with Crippen LogP contribution in [-0.2, 0) is 19.4 Å². The van der Waals surface area contributed by atoms with Crippen molar-refractivity contribution < 1.29 is 14.3 Å². The first-order valence-corrected chi connectivity index (χ1v) is 13.4. The number of hydrogen-bond donors (Lipinski definition) is 1. The van der Waals surface area contributed by atoms with Gasteiger partial charge >= 0.3 is 0 Å². The highest BCUT2D eigenvalue weighted by Crippen LogP contribution is 2.41. The minimum atomic E-state index is -0.127. The van der Waals surface area contributed by atoms with Gasteiger partial charge in [-0.25, -0.2) is 4.99 Å². The number of fused-ring (bicyclic) bond motifs is 1. The van der Waals surface area contributed by atoms with Gasteiger partial charge in [-0.3, -0.25) is 4.79 Å². The molecule has 188 valence electrons. The number of thiophene rings is 1. The molecule has 0 fully saturated rings. The van der Waals surface area contributed by atoms with E-state index in [2.05, 4.69) is 5.32 Å². The van der Waals surface area contributed by atoms with Crippen LogP contribution in [0.25, 0.3) is 0 Å². The summed E-state index contributed by atoms with van der Waals surface area (Å²) in [5.74, 6) is 0.884. The van der Waals surface area contributed by atoms with Crippen molar-refractivity contribution in [3.05, 3.63) is 105 Å². The SMILES string of the molecule is COc1cc(C=Nc2sc3c(c2C(=O)Nc2ccccc2)CCCC3)cc(Cl)c1OCc1ccccc1. The molecular formula is C30H27ClN2O3S. The number of nitrogens with one attached hydrogen (secondary N) is 1. The number of anilines is 1. The molecule has 7 heteroatoms. The number of aryl methyl sites for hydroxylation is 1. The van der Waals surface area contributed by atoms with Crippen LogP contribution in [0.1, 0.15) is 44.8 Å². The van der Waals surface area contributed by atoms with Gasteiger partial charge in [0.1, 0.15) is 11.6 Å². The highest BCUT2D eigenvalue weighted by atomic mass is 35.5. The normalized spacial score (nSPS) is 12.8. The van der Waals surface area contributed by atoms with Gasteiger partial charge in [-0.1, -0.05) is 60.1 Å². The van der Waals surface area contributed by atoms with Crippen LogP contribution in [0.15, 0.2) is 77.8 Å². The van der Waals surface area contributed by atoms with E-state index < -0.39 is 0 Å². The fourth-order valence-corrected chi connectivity index (χ4v) is 5.91. The van der Waals surface area contributed by atoms with Crippen LogP contribution in [0, 0.1) is 0 Å². The van der Waals surface area contributed by atoms with Crippen molar-refractivity contribution in [2.45, 2.75) is 32.3 Å². The maximum absolute atomic E-state index is 13.3. The Labute approximate surface area is 225 Å². The van der Waals surface area contributed by atoms with E-state index in [0.29, 0.717) is 33.7 Å². The molecule has 1 N–H and O–H groups in total. The summed E-state index contributed by atoms with van der Waals surface area (Å²) < 4.78 is 11.5. The molecule has 0 bridgehead atoms. The zero-order valence-electron chi connectivity index (χ0n) is 20.5. The van der Waals surface area contributed by atoms with E-state index in [4.69, 9.17) is 26.1 Å². The van der Waals surface area contributed by atoms with E-state index in [-0.39, 0.29) is 5.91 Å². The largest absolute Gasteiger partial charge is 0.493 e. The Kier molecular flexibility index (Phi) is 7.87. The quantitative estimate of drug-likeness (QED) is 0.236. The third kappa shape index (κ3) is 5.87. The van der Waals surface area contributed by atoms with Crippen molar-refractivity contribution >= 4 is 45.7 Å². The van der Waals surface area contributed by atoms with Gasteiger partial charge in [-0.05, 0) is 66.6 Å². The molecule has 0 aliphatic heterocycles. The van der Waals surface area contributed by atoms with Crippen molar-refractivity contribution in [2.24, 2.45) is 4.99 Å². The monoisotopic (exact) mass is 530 g/mol. The second-order valence-corrected chi connectivity index (χ2v) is 10.3. The molecule has 37 heavy (non-hydrogen) atoms. The number of methoxy groups -OCH3 is 1. The number of nitrogens with zero attached hydrogens (tertiary/aromatic N) is 1. The minimum absolute atomic E-state index is 0.127. The van der Waals surface area contributed by atoms with Crippen LogP contribution in [-0.4, -0.2) is 19.2 Å². The minimum Gasteiger partial charge on any atom is -0.493 e. The van der Waals surface area contributed by atoms with Crippen molar-refractivity contribution in [1.82, 2.24) is 0 Å². The molecule has 3 aromatic carbocycles. The predicted molar refractivity (Wildman–Crippen MR) is 151 cm³/mol. The molecule has 1 aliphatic carbocycles. The van der Waals surface area contributed by atoms with E-state index in [1.807, 2.05) is 66.7 Å². The van der Waals surface area contributed by atoms with Crippen LogP contribution in [0.2, 0.25) is 5.02 Å². The Hall–Kier alpha value is -3.61. The Morgan fingerprint density at radius 2 is 1.78 bits per heavy atom. The number of halogens is 1. The Morgan fingerprint density at radius 1 is 1.05 bits per heavy atom. The summed E-state index contributed by atoms with van der Waals surface area (Å²) in [4.78, 5) is 19.3. The summed E-state index contributed by atoms with van der Waals surface area (Å²) in [5, 5.41) is 4.17. The fourth-order valence-electron chi connectivity index (χ4n) is 4.41. The van der Waals surface area contributed by atoms with Crippen LogP contribution in [0.5, 0.6) is 11.5 Å². The standard InChI is InChI=1S/C30H27ClN2O3S/c1-35-25-17-21(16-24(31)28(25)36-19-20-10-4-2-5-11-20)18-32-30-27(23-14-8-9-15-26(23)37-30)29(34)33-22-12-6-3-7-13-22/h2-7,10-13,16-18H,8-9,14-15,19H2,1H3,(H,33,34). The molecule has 1 aliphatic rings. The van der Waals surface area contributed by atoms with E-state index >= 15 is 0 Å². The van der Waals surface area contributed by atoms with Crippen LogP contribution < -0.4 is 14.8 Å². The number of aliphatic imine (C=N–C) groups is 1. The lowest BCUT2D eigenvalue weighted by Gasteiger charge is -2.13. The summed E-state index contributed by atoms with van der Waals surface area (Å²) in [5.41, 5.74) is 4.35. The second kappa shape index (κ2) is 11.6. The molecule has 0 saturated heterocycles. The number of carbonyl (C=O) groups is 1. The Morgan fingerprint density at radius 3 is 2.54 bits per heavy atom. The lowest BCUT2D eigenvalue weighted by Crippen LogP contribution is -2.14. The van der Waals surface area contributed by atoms with Crippen molar-refractivity contribution in [3.63, 3.8) is 0 Å². The van der Waals surface area contributed by atoms with E-state index in [0.717, 1.165) is 48.1 Å². The smallest absolute Gasteiger partial charge is 0.259 e. The first kappa shape index (κ1) is 25.1. The van der Waals surface area contributed by atoms with E-state index in [9.17, 15) is 4.79 Å². The fraction of sp³-hybridized carbons (Fsp3) is 0.200. The van der Waals surface area contributed by atoms with Gasteiger partial charge < -0.3 is 14.8 Å². The number of benzene rings is 3. The molecule has 1 amide bonds. The second-order valence-electron chi connectivity index (χ2n) is 8.78. The van der Waals surface area contributed by atoms with Crippen LogP contribution in [0.4, 0.5) is 10.7 Å². The van der Waals surface area contributed by atoms with Crippen LogP contribution >= 0.6 is 22.9 Å². The zero-order chi connectivity index (χ0) is 25.6. The van der Waals surface area contributed by atoms with Gasteiger partial charge in [0.05, 0.1) is 17.7 Å². The van der Waals surface area contributed by atoms with Gasteiger partial charge in [0.2, 0.25) is 0 Å². The number of hydrogen-bond acceptors (Lipinski definition) is 5. The maximum atomic E-state index is 13.3. The average Bonchev–Trinajstić information content (AvgIpc) is 3.30. The molecule has 5 nitrogen and oxygen atoms in total. The van der Waals surface area contributed by atoms with Crippen LogP contribution in [0.3, 0.4) is 0 Å². The number of para-hydroxylation sites is 1. The number of carbonyl (C=O) groups excluding carboxylic acids is 1. The third-order valence-corrected chi connectivity index (χ3v) is 7.70. The molecule has 0 radical (unpaired) electrons. The molecule has 0 saturated carbocycles. The van der Waals surface area contributed by atoms with E-state index in [1.165, 1.54) is 4.88 Å². The lowest BCUT2D eigenvalue weighted by atomic mass is 9.95. The highest BCUT2D eigenvalue weighted by molar-refractivity contribution is 7.16. The summed E-state index contributed by atoms with van der Waals surface area (Å²) in [7, 11) is 1.58. The topological polar surface area (TPSA) is 59.9 Å². The number of rotatable bonds is 8. The molecule has 4 aromatic rings. The van der Waals surface area contributed by atoms with Crippen molar-refractivity contribution in [3.8, 4) is 11.5 Å². The highest BCUT2D eigenvalue weighted by Gasteiger charge is 2.25. The maximum Gasteiger partial charge on any atom is 0.259 e. The summed E-state index contributed by atoms with van der Waals surface area (Å²) in [6.07, 6.45) is 5.82. The molecule has 5 rings (SSSR count). The number of ether oxygens (including phenoxy) is 2. The zero-order valence-corrected chi connectivity index (χ0v) is 22.1.